The Labute approximate surface area is 250 Å². The minimum absolute atomic E-state index is 0.0472. The molecule has 2 amide bonds. The molecule has 4 rings (SSSR count). The van der Waals surface area contributed by atoms with E-state index < -0.39 is 23.7 Å². The fourth-order valence-corrected chi connectivity index (χ4v) is 8.72. The van der Waals surface area contributed by atoms with Crippen LogP contribution >= 0.6 is 0 Å². The molecule has 0 heterocycles. The average molecular weight is 591 g/mol. The third-order valence-corrected chi connectivity index (χ3v) is 10.6. The van der Waals surface area contributed by atoms with Gasteiger partial charge in [0.1, 0.15) is 5.60 Å². The third-order valence-electron chi connectivity index (χ3n) is 10.6. The average Bonchev–Trinajstić information content (AvgIpc) is 3.11. The molecule has 0 aromatic heterocycles. The lowest BCUT2D eigenvalue weighted by molar-refractivity contribution is -0.862. The normalized spacial score (nSPS) is 37.8. The summed E-state index contributed by atoms with van der Waals surface area (Å²) < 4.78 is 0.964. The SMILES string of the molecule is C[C@]12CC/C(=N/NC(=O)C[N+](C)(C)C)C=C1CC[C@@H]1[C@@H]2[C@@H](O)C[C@@]2(C)[C@H]1CC[C@]2(O)/C(CO)=N\NC(=O)C[N+](C)(C)C. The lowest BCUT2D eigenvalue weighted by Crippen LogP contribution is -2.62. The van der Waals surface area contributed by atoms with Crippen LogP contribution in [-0.2, 0) is 9.59 Å². The van der Waals surface area contributed by atoms with E-state index >= 15 is 0 Å². The largest absolute Gasteiger partial charge is 0.393 e. The first-order chi connectivity index (χ1) is 19.3. The quantitative estimate of drug-likeness (QED) is 0.163. The predicted molar refractivity (Wildman–Crippen MR) is 162 cm³/mol. The van der Waals surface area contributed by atoms with Crippen molar-refractivity contribution in [2.24, 2.45) is 38.8 Å². The van der Waals surface area contributed by atoms with Crippen LogP contribution in [0.15, 0.2) is 21.9 Å². The molecule has 3 saturated carbocycles. The maximum atomic E-state index is 12.5. The van der Waals surface area contributed by atoms with Crippen molar-refractivity contribution in [1.29, 1.82) is 0 Å². The Bertz CT molecular complexity index is 1170. The molecule has 236 valence electrons. The molecule has 0 aliphatic heterocycles. The highest BCUT2D eigenvalue weighted by Gasteiger charge is 2.67. The Morgan fingerprint density at radius 2 is 1.60 bits per heavy atom. The number of carbonyl (C=O) groups excluding carboxylic acids is 2. The molecule has 11 nitrogen and oxygen atoms in total. The zero-order valence-corrected chi connectivity index (χ0v) is 26.9. The summed E-state index contributed by atoms with van der Waals surface area (Å²) in [5.41, 5.74) is 5.30. The number of hydrogen-bond donors (Lipinski definition) is 5. The number of carbonyl (C=O) groups is 2. The van der Waals surface area contributed by atoms with Gasteiger partial charge in [0.25, 0.3) is 11.8 Å². The Morgan fingerprint density at radius 1 is 0.976 bits per heavy atom. The van der Waals surface area contributed by atoms with Gasteiger partial charge in [-0.15, -0.1) is 0 Å². The standard InChI is InChI=1S/C31H52N6O5/c1-29-13-11-21(32-34-26(40)17-36(3,4)5)15-20(29)9-10-22-23-12-14-31(42,30(23,2)16-24(39)28(22)29)25(19-38)33-35-27(41)18-37(6,7)8/h15,22-24,28,38-39,42H,9-14,16-19H2,1-8H3/p+2/b32-21-,33-25-/t22-,23-,24-,28+,29-,30-,31-/m0/s1. The summed E-state index contributed by atoms with van der Waals surface area (Å²) in [4.78, 5) is 24.8. The molecule has 5 N–H and O–H groups in total. The Morgan fingerprint density at radius 3 is 2.19 bits per heavy atom. The van der Waals surface area contributed by atoms with E-state index in [1.807, 2.05) is 49.2 Å². The Balaban J connectivity index is 1.54. The molecule has 0 bridgehead atoms. The number of amides is 2. The molecule has 4 aliphatic carbocycles. The minimum atomic E-state index is -1.42. The summed E-state index contributed by atoms with van der Waals surface area (Å²) in [6, 6.07) is 0. The van der Waals surface area contributed by atoms with Crippen LogP contribution in [0, 0.1) is 28.6 Å². The summed E-state index contributed by atoms with van der Waals surface area (Å²) in [6.07, 6.45) is 6.43. The van der Waals surface area contributed by atoms with Crippen molar-refractivity contribution in [1.82, 2.24) is 10.9 Å². The van der Waals surface area contributed by atoms with Crippen LogP contribution in [0.1, 0.15) is 58.8 Å². The number of nitrogens with zero attached hydrogens (tertiary/aromatic N) is 4. The summed E-state index contributed by atoms with van der Waals surface area (Å²) in [6.45, 7) is 4.39. The second-order valence-corrected chi connectivity index (χ2v) is 15.8. The molecule has 0 radical (unpaired) electrons. The van der Waals surface area contributed by atoms with E-state index in [4.69, 9.17) is 0 Å². The van der Waals surface area contributed by atoms with Crippen molar-refractivity contribution in [3.8, 4) is 0 Å². The summed E-state index contributed by atoms with van der Waals surface area (Å²) >= 11 is 0. The van der Waals surface area contributed by atoms with Crippen molar-refractivity contribution in [2.45, 2.75) is 70.5 Å². The minimum Gasteiger partial charge on any atom is -0.393 e. The van der Waals surface area contributed by atoms with Crippen LogP contribution in [0.5, 0.6) is 0 Å². The number of aliphatic hydroxyl groups excluding tert-OH is 2. The molecule has 11 heteroatoms. The van der Waals surface area contributed by atoms with Crippen LogP contribution in [0.25, 0.3) is 0 Å². The number of nitrogens with one attached hydrogen (secondary N) is 2. The third kappa shape index (κ3) is 6.22. The van der Waals surface area contributed by atoms with Gasteiger partial charge in [0.15, 0.2) is 13.1 Å². The molecular weight excluding hydrogens is 536 g/mol. The zero-order valence-electron chi connectivity index (χ0n) is 26.9. The summed E-state index contributed by atoms with van der Waals surface area (Å²) in [5.74, 6) is 0.0160. The molecule has 42 heavy (non-hydrogen) atoms. The molecule has 0 aromatic carbocycles. The summed E-state index contributed by atoms with van der Waals surface area (Å²) in [7, 11) is 11.6. The smallest absolute Gasteiger partial charge is 0.295 e. The van der Waals surface area contributed by atoms with Gasteiger partial charge in [0, 0.05) is 5.41 Å². The van der Waals surface area contributed by atoms with Crippen molar-refractivity contribution in [2.75, 3.05) is 62.0 Å². The van der Waals surface area contributed by atoms with Crippen LogP contribution < -0.4 is 10.9 Å². The van der Waals surface area contributed by atoms with Crippen LogP contribution in [0.2, 0.25) is 0 Å². The van der Waals surface area contributed by atoms with Crippen molar-refractivity contribution in [3.05, 3.63) is 11.6 Å². The second-order valence-electron chi connectivity index (χ2n) is 15.8. The summed E-state index contributed by atoms with van der Waals surface area (Å²) in [5, 5.41) is 42.9. The van der Waals surface area contributed by atoms with Gasteiger partial charge in [-0.1, -0.05) is 19.4 Å². The number of likely N-dealkylation sites (N-methyl/N-ethyl adjacent to an activating group) is 2. The molecular formula is C31H54N6O5+2. The van der Waals surface area contributed by atoms with Crippen molar-refractivity contribution in [3.63, 3.8) is 0 Å². The van der Waals surface area contributed by atoms with E-state index in [1.54, 1.807) is 0 Å². The number of hydrazone groups is 2. The van der Waals surface area contributed by atoms with E-state index in [-0.39, 0.29) is 47.2 Å². The van der Waals surface area contributed by atoms with Gasteiger partial charge in [-0.05, 0) is 74.2 Å². The highest BCUT2D eigenvalue weighted by Crippen LogP contribution is 2.67. The Kier molecular flexibility index (Phi) is 8.88. The first-order valence-corrected chi connectivity index (χ1v) is 15.4. The van der Waals surface area contributed by atoms with Gasteiger partial charge >= 0.3 is 0 Å². The second kappa shape index (κ2) is 11.4. The highest BCUT2D eigenvalue weighted by molar-refractivity contribution is 5.97. The first kappa shape index (κ1) is 32.7. The number of quaternary nitrogens is 2. The molecule has 3 fully saturated rings. The molecule has 4 aliphatic rings. The van der Waals surface area contributed by atoms with Gasteiger partial charge in [-0.25, -0.2) is 10.9 Å². The first-order valence-electron chi connectivity index (χ1n) is 15.4. The van der Waals surface area contributed by atoms with E-state index in [0.29, 0.717) is 28.4 Å². The maximum Gasteiger partial charge on any atom is 0.295 e. The van der Waals surface area contributed by atoms with Gasteiger partial charge < -0.3 is 24.3 Å². The van der Waals surface area contributed by atoms with E-state index in [9.17, 15) is 24.9 Å². The van der Waals surface area contributed by atoms with Crippen molar-refractivity contribution < 1.29 is 33.9 Å². The van der Waals surface area contributed by atoms with Crippen molar-refractivity contribution >= 4 is 23.2 Å². The Hall–Kier alpha value is -2.18. The van der Waals surface area contributed by atoms with E-state index in [2.05, 4.69) is 34.1 Å². The molecule has 7 atom stereocenters. The number of fused-ring (bicyclic) bond motifs is 5. The van der Waals surface area contributed by atoms with Gasteiger partial charge in [-0.2, -0.15) is 10.2 Å². The number of hydrogen-bond acceptors (Lipinski definition) is 7. The lowest BCUT2D eigenvalue weighted by atomic mass is 9.45. The number of aliphatic hydroxyl groups is 3. The monoisotopic (exact) mass is 590 g/mol. The van der Waals surface area contributed by atoms with Gasteiger partial charge in [0.05, 0.1) is 66.4 Å². The van der Waals surface area contributed by atoms with Crippen LogP contribution in [0.4, 0.5) is 0 Å². The molecule has 0 spiro atoms. The lowest BCUT2D eigenvalue weighted by Gasteiger charge is -2.60. The van der Waals surface area contributed by atoms with Crippen LogP contribution in [0.3, 0.4) is 0 Å². The molecule has 0 saturated heterocycles. The highest BCUT2D eigenvalue weighted by atomic mass is 16.3. The van der Waals surface area contributed by atoms with E-state index in [0.717, 1.165) is 37.8 Å². The number of allylic oxidation sites excluding steroid dienone is 2. The van der Waals surface area contributed by atoms with Gasteiger partial charge in [-0.3, -0.25) is 9.59 Å². The molecule has 0 unspecified atom stereocenters. The maximum absolute atomic E-state index is 12.5. The van der Waals surface area contributed by atoms with E-state index in [1.165, 1.54) is 5.57 Å². The van der Waals surface area contributed by atoms with Crippen LogP contribution in [-0.4, -0.2) is 121 Å². The zero-order chi connectivity index (χ0) is 31.3. The van der Waals surface area contributed by atoms with Gasteiger partial charge in [0.2, 0.25) is 0 Å². The number of rotatable bonds is 8. The molecule has 0 aromatic rings. The predicted octanol–water partition coefficient (Wildman–Crippen LogP) is 1.00. The fraction of sp³-hybridized carbons (Fsp3) is 0.806. The topological polar surface area (TPSA) is 144 Å². The fourth-order valence-electron chi connectivity index (χ4n) is 8.72.